The summed E-state index contributed by atoms with van der Waals surface area (Å²) >= 11 is 5.87. The van der Waals surface area contributed by atoms with Gasteiger partial charge in [0.15, 0.2) is 0 Å². The standard InChI is InChI=1S/C17H14ClNO2.C3H8/c1-11-9-13-10-15(21-2)7-8-16(13)19(11)17(20)12-3-5-14(18)6-4-12;1-3-2/h3-10H,1-2H3;3H2,1-2H3. The zero-order valence-corrected chi connectivity index (χ0v) is 15.2. The largest absolute Gasteiger partial charge is 0.497 e. The van der Waals surface area contributed by atoms with Crippen LogP contribution in [0.4, 0.5) is 0 Å². The van der Waals surface area contributed by atoms with Crippen molar-refractivity contribution in [1.29, 1.82) is 0 Å². The van der Waals surface area contributed by atoms with Gasteiger partial charge in [-0.05, 0) is 55.5 Å². The van der Waals surface area contributed by atoms with Crippen molar-refractivity contribution in [2.75, 3.05) is 7.11 Å². The number of nitrogens with zero attached hydrogens (tertiary/aromatic N) is 1. The van der Waals surface area contributed by atoms with Gasteiger partial charge in [0.2, 0.25) is 0 Å². The highest BCUT2D eigenvalue weighted by atomic mass is 35.5. The number of fused-ring (bicyclic) bond motifs is 1. The summed E-state index contributed by atoms with van der Waals surface area (Å²) in [4.78, 5) is 12.7. The first-order valence-electron chi connectivity index (χ1n) is 7.98. The third kappa shape index (κ3) is 3.80. The fourth-order valence-corrected chi connectivity index (χ4v) is 2.58. The second-order valence-electron chi connectivity index (χ2n) is 5.57. The zero-order chi connectivity index (χ0) is 17.7. The molecule has 0 saturated heterocycles. The van der Waals surface area contributed by atoms with Gasteiger partial charge in [-0.1, -0.05) is 31.9 Å². The van der Waals surface area contributed by atoms with E-state index in [2.05, 4.69) is 13.8 Å². The van der Waals surface area contributed by atoms with E-state index in [0.29, 0.717) is 10.6 Å². The molecule has 1 aromatic heterocycles. The van der Waals surface area contributed by atoms with E-state index in [0.717, 1.165) is 22.3 Å². The van der Waals surface area contributed by atoms with E-state index < -0.39 is 0 Å². The van der Waals surface area contributed by atoms with Crippen LogP contribution in [0.2, 0.25) is 5.02 Å². The predicted molar refractivity (Wildman–Crippen MR) is 100 cm³/mol. The van der Waals surface area contributed by atoms with Crippen LogP contribution in [-0.2, 0) is 0 Å². The highest BCUT2D eigenvalue weighted by molar-refractivity contribution is 6.30. The summed E-state index contributed by atoms with van der Waals surface area (Å²) in [5.74, 6) is 0.711. The number of aromatic nitrogens is 1. The lowest BCUT2D eigenvalue weighted by Crippen LogP contribution is -2.13. The summed E-state index contributed by atoms with van der Waals surface area (Å²) in [6.07, 6.45) is 1.25. The Kier molecular flexibility index (Phi) is 6.04. The van der Waals surface area contributed by atoms with Gasteiger partial charge in [-0.2, -0.15) is 0 Å². The summed E-state index contributed by atoms with van der Waals surface area (Å²) in [6.45, 7) is 6.17. The Balaban J connectivity index is 0.000000647. The van der Waals surface area contributed by atoms with Crippen molar-refractivity contribution in [2.24, 2.45) is 0 Å². The molecule has 0 atom stereocenters. The molecular weight excluding hydrogens is 322 g/mol. The molecule has 3 aromatic rings. The SMILES string of the molecule is CCC.COc1ccc2c(c1)cc(C)n2C(=O)c1ccc(Cl)cc1. The number of carbonyl (C=O) groups excluding carboxylic acids is 1. The van der Waals surface area contributed by atoms with Gasteiger partial charge in [-0.3, -0.25) is 9.36 Å². The smallest absolute Gasteiger partial charge is 0.262 e. The zero-order valence-electron chi connectivity index (χ0n) is 14.5. The third-order valence-electron chi connectivity index (χ3n) is 3.49. The lowest BCUT2D eigenvalue weighted by Gasteiger charge is -2.07. The predicted octanol–water partition coefficient (Wildman–Crippen LogP) is 5.72. The molecule has 3 nitrogen and oxygen atoms in total. The number of methoxy groups -OCH3 is 1. The van der Waals surface area contributed by atoms with E-state index in [1.807, 2.05) is 31.2 Å². The Labute approximate surface area is 147 Å². The Morgan fingerprint density at radius 2 is 1.71 bits per heavy atom. The van der Waals surface area contributed by atoms with Gasteiger partial charge < -0.3 is 4.74 Å². The molecule has 4 heteroatoms. The van der Waals surface area contributed by atoms with Crippen LogP contribution in [0.15, 0.2) is 48.5 Å². The van der Waals surface area contributed by atoms with Crippen molar-refractivity contribution < 1.29 is 9.53 Å². The van der Waals surface area contributed by atoms with Crippen LogP contribution in [0.1, 0.15) is 36.3 Å². The molecule has 0 aliphatic heterocycles. The topological polar surface area (TPSA) is 31.2 Å². The van der Waals surface area contributed by atoms with Crippen LogP contribution < -0.4 is 4.74 Å². The molecule has 0 bridgehead atoms. The molecule has 0 unspecified atom stereocenters. The van der Waals surface area contributed by atoms with Crippen LogP contribution in [0.3, 0.4) is 0 Å². The molecule has 0 aliphatic rings. The maximum atomic E-state index is 12.7. The molecule has 0 fully saturated rings. The van der Waals surface area contributed by atoms with Crippen molar-refractivity contribution in [3.8, 4) is 5.75 Å². The number of hydrogen-bond donors (Lipinski definition) is 0. The van der Waals surface area contributed by atoms with E-state index in [1.54, 1.807) is 35.9 Å². The van der Waals surface area contributed by atoms with Crippen LogP contribution in [-0.4, -0.2) is 17.6 Å². The van der Waals surface area contributed by atoms with Crippen molar-refractivity contribution in [3.05, 3.63) is 64.8 Å². The van der Waals surface area contributed by atoms with Crippen LogP contribution in [0.5, 0.6) is 5.75 Å². The molecule has 2 aromatic carbocycles. The lowest BCUT2D eigenvalue weighted by atomic mass is 10.2. The quantitative estimate of drug-likeness (QED) is 0.596. The Morgan fingerprint density at radius 1 is 1.08 bits per heavy atom. The molecule has 0 saturated carbocycles. The molecule has 0 amide bonds. The van der Waals surface area contributed by atoms with Gasteiger partial charge in [0.1, 0.15) is 5.75 Å². The van der Waals surface area contributed by atoms with Gasteiger partial charge in [-0.15, -0.1) is 0 Å². The van der Waals surface area contributed by atoms with Crippen molar-refractivity contribution in [2.45, 2.75) is 27.2 Å². The highest BCUT2D eigenvalue weighted by Gasteiger charge is 2.15. The molecule has 0 N–H and O–H groups in total. The molecule has 1 heterocycles. The normalized spacial score (nSPS) is 10.2. The molecule has 0 radical (unpaired) electrons. The maximum absolute atomic E-state index is 12.7. The highest BCUT2D eigenvalue weighted by Crippen LogP contribution is 2.25. The number of rotatable bonds is 2. The molecule has 3 rings (SSSR count). The first kappa shape index (κ1) is 18.1. The molecule has 0 spiro atoms. The molecule has 126 valence electrons. The minimum Gasteiger partial charge on any atom is -0.497 e. The number of halogens is 1. The maximum Gasteiger partial charge on any atom is 0.262 e. The Morgan fingerprint density at radius 3 is 2.29 bits per heavy atom. The van der Waals surface area contributed by atoms with E-state index >= 15 is 0 Å². The number of benzene rings is 2. The van der Waals surface area contributed by atoms with E-state index in [-0.39, 0.29) is 5.91 Å². The van der Waals surface area contributed by atoms with Gasteiger partial charge in [0, 0.05) is 21.7 Å². The lowest BCUT2D eigenvalue weighted by molar-refractivity contribution is 0.0963. The fraction of sp³-hybridized carbons (Fsp3) is 0.250. The summed E-state index contributed by atoms with van der Waals surface area (Å²) in [5.41, 5.74) is 2.36. The summed E-state index contributed by atoms with van der Waals surface area (Å²) in [7, 11) is 1.63. The summed E-state index contributed by atoms with van der Waals surface area (Å²) < 4.78 is 6.93. The van der Waals surface area contributed by atoms with E-state index in [1.165, 1.54) is 6.42 Å². The van der Waals surface area contributed by atoms with Crippen LogP contribution in [0, 0.1) is 6.92 Å². The number of aryl methyl sites for hydroxylation is 1. The Bertz CT molecular complexity index is 835. The number of carbonyl (C=O) groups is 1. The number of ether oxygens (including phenoxy) is 1. The minimum atomic E-state index is -0.0654. The van der Waals surface area contributed by atoms with E-state index in [9.17, 15) is 4.79 Å². The summed E-state index contributed by atoms with van der Waals surface area (Å²) in [6, 6.07) is 14.6. The second kappa shape index (κ2) is 8.02. The monoisotopic (exact) mass is 343 g/mol. The van der Waals surface area contributed by atoms with Crippen molar-refractivity contribution in [1.82, 2.24) is 4.57 Å². The molecular formula is C20H22ClNO2. The summed E-state index contributed by atoms with van der Waals surface area (Å²) in [5, 5.41) is 1.60. The van der Waals surface area contributed by atoms with Crippen molar-refractivity contribution in [3.63, 3.8) is 0 Å². The van der Waals surface area contributed by atoms with Crippen LogP contribution >= 0.6 is 11.6 Å². The molecule has 24 heavy (non-hydrogen) atoms. The van der Waals surface area contributed by atoms with Gasteiger partial charge in [0.25, 0.3) is 5.91 Å². The molecule has 0 aliphatic carbocycles. The van der Waals surface area contributed by atoms with Crippen molar-refractivity contribution >= 4 is 28.4 Å². The third-order valence-corrected chi connectivity index (χ3v) is 3.74. The Hall–Kier alpha value is -2.26. The number of hydrogen-bond acceptors (Lipinski definition) is 2. The van der Waals surface area contributed by atoms with Gasteiger partial charge in [0.05, 0.1) is 12.6 Å². The fourth-order valence-electron chi connectivity index (χ4n) is 2.45. The second-order valence-corrected chi connectivity index (χ2v) is 6.00. The minimum absolute atomic E-state index is 0.0654. The first-order valence-corrected chi connectivity index (χ1v) is 8.36. The van der Waals surface area contributed by atoms with E-state index in [4.69, 9.17) is 16.3 Å². The first-order chi connectivity index (χ1) is 11.5. The average molecular weight is 344 g/mol. The van der Waals surface area contributed by atoms with Crippen LogP contribution in [0.25, 0.3) is 10.9 Å². The van der Waals surface area contributed by atoms with Gasteiger partial charge >= 0.3 is 0 Å². The average Bonchev–Trinajstić information content (AvgIpc) is 2.90. The van der Waals surface area contributed by atoms with Gasteiger partial charge in [-0.25, -0.2) is 0 Å².